The lowest BCUT2D eigenvalue weighted by Crippen LogP contribution is -2.59. The van der Waals surface area contributed by atoms with Gasteiger partial charge in [-0.25, -0.2) is 0 Å². The van der Waals surface area contributed by atoms with E-state index in [1.807, 2.05) is 13.8 Å². The molecule has 3 nitrogen and oxygen atoms in total. The predicted molar refractivity (Wildman–Crippen MR) is 74.0 cm³/mol. The van der Waals surface area contributed by atoms with Gasteiger partial charge in [-0.05, 0) is 32.2 Å². The maximum absolute atomic E-state index is 12.1. The quantitative estimate of drug-likeness (QED) is 0.687. The standard InChI is InChI=1S/C14H30N2O/c1-7-12(8-2)10-16-14(6,11(4)5)13(17)15-9-3/h11-12,16H,7-10H2,1-6H3,(H,15,17). The van der Waals surface area contributed by atoms with Crippen LogP contribution >= 0.6 is 0 Å². The lowest BCUT2D eigenvalue weighted by Gasteiger charge is -2.34. The van der Waals surface area contributed by atoms with Gasteiger partial charge in [0.1, 0.15) is 0 Å². The summed E-state index contributed by atoms with van der Waals surface area (Å²) in [5, 5.41) is 6.40. The third-order valence-electron chi connectivity index (χ3n) is 3.88. The van der Waals surface area contributed by atoms with Crippen LogP contribution in [0.5, 0.6) is 0 Å². The molecule has 0 heterocycles. The van der Waals surface area contributed by atoms with E-state index in [1.165, 1.54) is 0 Å². The van der Waals surface area contributed by atoms with Crippen LogP contribution in [0.4, 0.5) is 0 Å². The highest BCUT2D eigenvalue weighted by Crippen LogP contribution is 2.18. The second kappa shape index (κ2) is 7.70. The zero-order chi connectivity index (χ0) is 13.5. The Labute approximate surface area is 107 Å². The number of carbonyl (C=O) groups is 1. The number of likely N-dealkylation sites (N-methyl/N-ethyl adjacent to an activating group) is 1. The summed E-state index contributed by atoms with van der Waals surface area (Å²) in [6, 6.07) is 0. The van der Waals surface area contributed by atoms with Gasteiger partial charge in [-0.2, -0.15) is 0 Å². The number of nitrogens with one attached hydrogen (secondary N) is 2. The van der Waals surface area contributed by atoms with Crippen molar-refractivity contribution in [2.75, 3.05) is 13.1 Å². The highest BCUT2D eigenvalue weighted by atomic mass is 16.2. The van der Waals surface area contributed by atoms with Crippen molar-refractivity contribution in [2.45, 2.75) is 59.9 Å². The van der Waals surface area contributed by atoms with Crippen LogP contribution in [0.25, 0.3) is 0 Å². The molecule has 0 spiro atoms. The molecule has 1 atom stereocenters. The molecule has 0 fully saturated rings. The van der Waals surface area contributed by atoms with Crippen molar-refractivity contribution in [3.05, 3.63) is 0 Å². The zero-order valence-electron chi connectivity index (χ0n) is 12.4. The third kappa shape index (κ3) is 4.66. The molecule has 102 valence electrons. The molecule has 0 aromatic rings. The molecule has 0 aliphatic rings. The van der Waals surface area contributed by atoms with Crippen molar-refractivity contribution >= 4 is 5.91 Å². The summed E-state index contributed by atoms with van der Waals surface area (Å²) in [7, 11) is 0. The summed E-state index contributed by atoms with van der Waals surface area (Å²) >= 11 is 0. The minimum Gasteiger partial charge on any atom is -0.355 e. The fraction of sp³-hybridized carbons (Fsp3) is 0.929. The minimum absolute atomic E-state index is 0.112. The molecule has 3 heteroatoms. The van der Waals surface area contributed by atoms with E-state index in [0.29, 0.717) is 12.5 Å². The Hall–Kier alpha value is -0.570. The Morgan fingerprint density at radius 3 is 2.06 bits per heavy atom. The Morgan fingerprint density at radius 1 is 1.18 bits per heavy atom. The van der Waals surface area contributed by atoms with Gasteiger partial charge in [-0.1, -0.05) is 40.5 Å². The minimum atomic E-state index is -0.460. The van der Waals surface area contributed by atoms with Gasteiger partial charge >= 0.3 is 0 Å². The SMILES string of the molecule is CCNC(=O)C(C)(NCC(CC)CC)C(C)C. The smallest absolute Gasteiger partial charge is 0.240 e. The largest absolute Gasteiger partial charge is 0.355 e. The van der Waals surface area contributed by atoms with Gasteiger partial charge in [0, 0.05) is 6.54 Å². The van der Waals surface area contributed by atoms with Crippen LogP contribution in [0.3, 0.4) is 0 Å². The van der Waals surface area contributed by atoms with E-state index < -0.39 is 5.54 Å². The van der Waals surface area contributed by atoms with Crippen molar-refractivity contribution in [1.82, 2.24) is 10.6 Å². The van der Waals surface area contributed by atoms with Crippen molar-refractivity contribution in [2.24, 2.45) is 11.8 Å². The first-order valence-electron chi connectivity index (χ1n) is 6.95. The highest BCUT2D eigenvalue weighted by Gasteiger charge is 2.35. The number of hydrogen-bond acceptors (Lipinski definition) is 2. The average Bonchev–Trinajstić information content (AvgIpc) is 2.30. The van der Waals surface area contributed by atoms with Crippen molar-refractivity contribution in [3.63, 3.8) is 0 Å². The fourth-order valence-electron chi connectivity index (χ4n) is 1.82. The predicted octanol–water partition coefficient (Wildman–Crippen LogP) is 2.56. The van der Waals surface area contributed by atoms with E-state index in [4.69, 9.17) is 0 Å². The molecule has 0 radical (unpaired) electrons. The maximum Gasteiger partial charge on any atom is 0.240 e. The molecule has 0 aliphatic heterocycles. The van der Waals surface area contributed by atoms with Crippen LogP contribution in [-0.4, -0.2) is 24.5 Å². The fourth-order valence-corrected chi connectivity index (χ4v) is 1.82. The van der Waals surface area contributed by atoms with E-state index in [-0.39, 0.29) is 11.8 Å². The highest BCUT2D eigenvalue weighted by molar-refractivity contribution is 5.86. The average molecular weight is 242 g/mol. The summed E-state index contributed by atoms with van der Waals surface area (Å²) < 4.78 is 0. The van der Waals surface area contributed by atoms with Gasteiger partial charge in [-0.3, -0.25) is 4.79 Å². The van der Waals surface area contributed by atoms with Gasteiger partial charge in [-0.15, -0.1) is 0 Å². The van der Waals surface area contributed by atoms with Crippen LogP contribution in [-0.2, 0) is 4.79 Å². The van der Waals surface area contributed by atoms with E-state index in [0.717, 1.165) is 19.4 Å². The molecular weight excluding hydrogens is 212 g/mol. The van der Waals surface area contributed by atoms with Gasteiger partial charge in [0.2, 0.25) is 5.91 Å². The molecule has 1 unspecified atom stereocenters. The molecular formula is C14H30N2O. The second-order valence-corrected chi connectivity index (χ2v) is 5.28. The van der Waals surface area contributed by atoms with Crippen LogP contribution in [0.1, 0.15) is 54.4 Å². The van der Waals surface area contributed by atoms with E-state index >= 15 is 0 Å². The summed E-state index contributed by atoms with van der Waals surface area (Å²) in [5.41, 5.74) is -0.460. The Kier molecular flexibility index (Phi) is 7.44. The summed E-state index contributed by atoms with van der Waals surface area (Å²) in [5.74, 6) is 1.05. The number of hydrogen-bond donors (Lipinski definition) is 2. The van der Waals surface area contributed by atoms with Crippen LogP contribution in [0, 0.1) is 11.8 Å². The topological polar surface area (TPSA) is 41.1 Å². The molecule has 0 saturated heterocycles. The summed E-state index contributed by atoms with van der Waals surface area (Å²) in [6.45, 7) is 14.2. The molecule has 0 bridgehead atoms. The van der Waals surface area contributed by atoms with Gasteiger partial charge in [0.25, 0.3) is 0 Å². The lowest BCUT2D eigenvalue weighted by molar-refractivity contribution is -0.128. The summed E-state index contributed by atoms with van der Waals surface area (Å²) in [6.07, 6.45) is 2.32. The van der Waals surface area contributed by atoms with Crippen molar-refractivity contribution < 1.29 is 4.79 Å². The third-order valence-corrected chi connectivity index (χ3v) is 3.88. The maximum atomic E-state index is 12.1. The molecule has 1 amide bonds. The number of rotatable bonds is 8. The Balaban J connectivity index is 4.56. The molecule has 17 heavy (non-hydrogen) atoms. The van der Waals surface area contributed by atoms with E-state index in [1.54, 1.807) is 0 Å². The second-order valence-electron chi connectivity index (χ2n) is 5.28. The molecule has 0 saturated carbocycles. The monoisotopic (exact) mass is 242 g/mol. The molecule has 0 aromatic heterocycles. The van der Waals surface area contributed by atoms with E-state index in [9.17, 15) is 4.79 Å². The van der Waals surface area contributed by atoms with Gasteiger partial charge < -0.3 is 10.6 Å². The van der Waals surface area contributed by atoms with Crippen LogP contribution < -0.4 is 10.6 Å². The molecule has 2 N–H and O–H groups in total. The normalized spacial score (nSPS) is 15.1. The number of amides is 1. The first-order valence-corrected chi connectivity index (χ1v) is 6.95. The number of carbonyl (C=O) groups excluding carboxylic acids is 1. The molecule has 0 aliphatic carbocycles. The summed E-state index contributed by atoms with van der Waals surface area (Å²) in [4.78, 5) is 12.1. The van der Waals surface area contributed by atoms with Crippen molar-refractivity contribution in [1.29, 1.82) is 0 Å². The zero-order valence-corrected chi connectivity index (χ0v) is 12.4. The van der Waals surface area contributed by atoms with Gasteiger partial charge in [0.15, 0.2) is 0 Å². The first kappa shape index (κ1) is 16.4. The lowest BCUT2D eigenvalue weighted by atomic mass is 9.86. The molecule has 0 aromatic carbocycles. The van der Waals surface area contributed by atoms with Crippen molar-refractivity contribution in [3.8, 4) is 0 Å². The van der Waals surface area contributed by atoms with Gasteiger partial charge in [0.05, 0.1) is 5.54 Å². The van der Waals surface area contributed by atoms with Crippen LogP contribution in [0.2, 0.25) is 0 Å². The first-order chi connectivity index (χ1) is 7.92. The molecule has 0 rings (SSSR count). The van der Waals surface area contributed by atoms with E-state index in [2.05, 4.69) is 38.3 Å². The Morgan fingerprint density at radius 2 is 1.71 bits per heavy atom. The Bertz CT molecular complexity index is 224. The van der Waals surface area contributed by atoms with Crippen LogP contribution in [0.15, 0.2) is 0 Å².